The molecular formula is C12H16F3N3. The number of nitrogens with zero attached hydrogens (tertiary/aromatic N) is 2. The van der Waals surface area contributed by atoms with Gasteiger partial charge in [0.05, 0.1) is 5.69 Å². The molecule has 3 nitrogen and oxygen atoms in total. The second kappa shape index (κ2) is 6.28. The van der Waals surface area contributed by atoms with Crippen molar-refractivity contribution in [2.24, 2.45) is 10.7 Å². The summed E-state index contributed by atoms with van der Waals surface area (Å²) in [7, 11) is 0. The standard InChI is InChI=1S/C12H16F3N3/c1-2-8-18(9-12(13,14)15)11(16)17-10-6-4-3-5-7-10/h3-7H,2,8-9H2,1H3,(H2,16,17). The molecule has 1 aromatic carbocycles. The first kappa shape index (κ1) is 14.3. The number of benzene rings is 1. The highest BCUT2D eigenvalue weighted by atomic mass is 19.4. The summed E-state index contributed by atoms with van der Waals surface area (Å²) in [6, 6.07) is 8.67. The lowest BCUT2D eigenvalue weighted by molar-refractivity contribution is -0.138. The quantitative estimate of drug-likeness (QED) is 0.667. The van der Waals surface area contributed by atoms with Gasteiger partial charge in [-0.2, -0.15) is 13.2 Å². The number of hydrogen-bond donors (Lipinski definition) is 1. The van der Waals surface area contributed by atoms with Crippen molar-refractivity contribution in [2.75, 3.05) is 13.1 Å². The summed E-state index contributed by atoms with van der Waals surface area (Å²) in [4.78, 5) is 5.02. The highest BCUT2D eigenvalue weighted by molar-refractivity contribution is 5.81. The van der Waals surface area contributed by atoms with Crippen molar-refractivity contribution < 1.29 is 13.2 Å². The van der Waals surface area contributed by atoms with Gasteiger partial charge in [0.1, 0.15) is 6.54 Å². The number of nitrogens with two attached hydrogens (primary N) is 1. The zero-order valence-corrected chi connectivity index (χ0v) is 10.1. The number of halogens is 3. The molecule has 0 bridgehead atoms. The van der Waals surface area contributed by atoms with Crippen LogP contribution < -0.4 is 5.73 Å². The molecule has 6 heteroatoms. The topological polar surface area (TPSA) is 41.6 Å². The summed E-state index contributed by atoms with van der Waals surface area (Å²) >= 11 is 0. The fourth-order valence-corrected chi connectivity index (χ4v) is 1.47. The Hall–Kier alpha value is -1.72. The number of guanidine groups is 1. The molecule has 0 aliphatic carbocycles. The molecule has 0 amide bonds. The normalized spacial score (nSPS) is 12.6. The SMILES string of the molecule is CCCN(CC(F)(F)F)C(N)=Nc1ccccc1. The molecule has 0 spiro atoms. The van der Waals surface area contributed by atoms with Gasteiger partial charge in [-0.1, -0.05) is 25.1 Å². The summed E-state index contributed by atoms with van der Waals surface area (Å²) in [6.07, 6.45) is -3.72. The Morgan fingerprint density at radius 2 is 1.89 bits per heavy atom. The van der Waals surface area contributed by atoms with E-state index in [4.69, 9.17) is 5.73 Å². The van der Waals surface area contributed by atoms with E-state index in [1.54, 1.807) is 37.3 Å². The van der Waals surface area contributed by atoms with Crippen LogP contribution in [0.15, 0.2) is 35.3 Å². The van der Waals surface area contributed by atoms with Crippen molar-refractivity contribution in [1.82, 2.24) is 4.90 Å². The van der Waals surface area contributed by atoms with E-state index in [2.05, 4.69) is 4.99 Å². The van der Waals surface area contributed by atoms with Crippen LogP contribution >= 0.6 is 0 Å². The third-order valence-electron chi connectivity index (χ3n) is 2.19. The predicted octanol–water partition coefficient (Wildman–Crippen LogP) is 2.91. The zero-order valence-electron chi connectivity index (χ0n) is 10.1. The second-order valence-electron chi connectivity index (χ2n) is 3.84. The van der Waals surface area contributed by atoms with E-state index in [1.165, 1.54) is 0 Å². The molecule has 0 heterocycles. The van der Waals surface area contributed by atoms with E-state index in [0.717, 1.165) is 4.90 Å². The van der Waals surface area contributed by atoms with Gasteiger partial charge < -0.3 is 10.6 Å². The van der Waals surface area contributed by atoms with Crippen molar-refractivity contribution in [3.8, 4) is 0 Å². The first-order chi connectivity index (χ1) is 8.42. The molecule has 0 fully saturated rings. The highest BCUT2D eigenvalue weighted by Gasteiger charge is 2.31. The number of para-hydroxylation sites is 1. The van der Waals surface area contributed by atoms with Crippen molar-refractivity contribution in [1.29, 1.82) is 0 Å². The molecule has 0 saturated carbocycles. The van der Waals surface area contributed by atoms with Crippen LogP contribution in [0.3, 0.4) is 0 Å². The Morgan fingerprint density at radius 1 is 1.28 bits per heavy atom. The summed E-state index contributed by atoms with van der Waals surface area (Å²) in [5, 5.41) is 0. The van der Waals surface area contributed by atoms with Crippen LogP contribution in [0.4, 0.5) is 18.9 Å². The van der Waals surface area contributed by atoms with Gasteiger partial charge in [0.15, 0.2) is 5.96 Å². The third kappa shape index (κ3) is 5.07. The van der Waals surface area contributed by atoms with Crippen LogP contribution in [0, 0.1) is 0 Å². The number of rotatable bonds is 4. The van der Waals surface area contributed by atoms with E-state index in [1.807, 2.05) is 0 Å². The Kier molecular flexibility index (Phi) is 5.00. The average molecular weight is 259 g/mol. The van der Waals surface area contributed by atoms with Gasteiger partial charge in [-0.05, 0) is 18.6 Å². The summed E-state index contributed by atoms with van der Waals surface area (Å²) < 4.78 is 37.1. The van der Waals surface area contributed by atoms with Crippen molar-refractivity contribution in [3.05, 3.63) is 30.3 Å². The smallest absolute Gasteiger partial charge is 0.369 e. The van der Waals surface area contributed by atoms with Crippen LogP contribution in [-0.2, 0) is 0 Å². The van der Waals surface area contributed by atoms with Crippen LogP contribution in [0.25, 0.3) is 0 Å². The van der Waals surface area contributed by atoms with Crippen molar-refractivity contribution in [2.45, 2.75) is 19.5 Å². The van der Waals surface area contributed by atoms with E-state index < -0.39 is 12.7 Å². The van der Waals surface area contributed by atoms with Gasteiger partial charge in [-0.15, -0.1) is 0 Å². The Labute approximate surface area is 104 Å². The molecule has 0 unspecified atom stereocenters. The zero-order chi connectivity index (χ0) is 13.6. The minimum Gasteiger partial charge on any atom is -0.369 e. The molecule has 18 heavy (non-hydrogen) atoms. The molecular weight excluding hydrogens is 243 g/mol. The van der Waals surface area contributed by atoms with Gasteiger partial charge in [0.2, 0.25) is 0 Å². The predicted molar refractivity (Wildman–Crippen MR) is 65.6 cm³/mol. The largest absolute Gasteiger partial charge is 0.406 e. The van der Waals surface area contributed by atoms with E-state index >= 15 is 0 Å². The summed E-state index contributed by atoms with van der Waals surface area (Å²) in [6.45, 7) is 0.934. The third-order valence-corrected chi connectivity index (χ3v) is 2.19. The fourth-order valence-electron chi connectivity index (χ4n) is 1.47. The van der Waals surface area contributed by atoms with Gasteiger partial charge in [0, 0.05) is 6.54 Å². The minimum absolute atomic E-state index is 0.111. The Bertz CT molecular complexity index is 387. The Morgan fingerprint density at radius 3 is 2.39 bits per heavy atom. The maximum atomic E-state index is 12.4. The van der Waals surface area contributed by atoms with Crippen LogP contribution in [0.1, 0.15) is 13.3 Å². The number of alkyl halides is 3. The second-order valence-corrected chi connectivity index (χ2v) is 3.84. The number of hydrogen-bond acceptors (Lipinski definition) is 1. The summed E-state index contributed by atoms with van der Waals surface area (Å²) in [5.74, 6) is -0.111. The molecule has 0 aliphatic heterocycles. The van der Waals surface area contributed by atoms with Crippen LogP contribution in [0.5, 0.6) is 0 Å². The minimum atomic E-state index is -4.29. The lowest BCUT2D eigenvalue weighted by atomic mass is 10.3. The van der Waals surface area contributed by atoms with Gasteiger partial charge in [-0.3, -0.25) is 0 Å². The maximum absolute atomic E-state index is 12.4. The van der Waals surface area contributed by atoms with Crippen LogP contribution in [0.2, 0.25) is 0 Å². The van der Waals surface area contributed by atoms with Gasteiger partial charge in [0.25, 0.3) is 0 Å². The molecule has 0 aromatic heterocycles. The molecule has 100 valence electrons. The van der Waals surface area contributed by atoms with Crippen molar-refractivity contribution in [3.63, 3.8) is 0 Å². The van der Waals surface area contributed by atoms with Crippen molar-refractivity contribution >= 4 is 11.6 Å². The molecule has 0 saturated heterocycles. The summed E-state index contributed by atoms with van der Waals surface area (Å²) in [5.41, 5.74) is 6.16. The molecule has 2 N–H and O–H groups in total. The average Bonchev–Trinajstić information content (AvgIpc) is 2.28. The Balaban J connectivity index is 2.82. The van der Waals surface area contributed by atoms with E-state index in [-0.39, 0.29) is 12.5 Å². The molecule has 0 radical (unpaired) electrons. The first-order valence-electron chi connectivity index (χ1n) is 5.63. The molecule has 1 aromatic rings. The van der Waals surface area contributed by atoms with E-state index in [0.29, 0.717) is 12.1 Å². The molecule has 0 aliphatic rings. The lowest BCUT2D eigenvalue weighted by Crippen LogP contribution is -2.43. The number of aliphatic imine (C=N–C) groups is 1. The monoisotopic (exact) mass is 259 g/mol. The lowest BCUT2D eigenvalue weighted by Gasteiger charge is -2.24. The van der Waals surface area contributed by atoms with Gasteiger partial charge in [-0.25, -0.2) is 4.99 Å². The maximum Gasteiger partial charge on any atom is 0.406 e. The van der Waals surface area contributed by atoms with Gasteiger partial charge >= 0.3 is 6.18 Å². The fraction of sp³-hybridized carbons (Fsp3) is 0.417. The van der Waals surface area contributed by atoms with Crippen LogP contribution in [-0.4, -0.2) is 30.1 Å². The molecule has 1 rings (SSSR count). The van der Waals surface area contributed by atoms with E-state index in [9.17, 15) is 13.2 Å². The highest BCUT2D eigenvalue weighted by Crippen LogP contribution is 2.17. The molecule has 0 atom stereocenters. The first-order valence-corrected chi connectivity index (χ1v) is 5.63.